The summed E-state index contributed by atoms with van der Waals surface area (Å²) in [4.78, 5) is 44.3. The number of rotatable bonds is 8. The number of carbonyl (C=O) groups is 3. The number of imide groups is 1. The van der Waals surface area contributed by atoms with Crippen molar-refractivity contribution >= 4 is 17.8 Å². The number of hydrogen-bond donors (Lipinski definition) is 3. The van der Waals surface area contributed by atoms with Crippen LogP contribution in [-0.4, -0.2) is 51.8 Å². The highest BCUT2D eigenvalue weighted by atomic mass is 19.1. The molecular weight excluding hydrogens is 353 g/mol. The molecule has 0 aliphatic carbocycles. The number of amides is 4. The zero-order valence-electron chi connectivity index (χ0n) is 14.6. The maximum Gasteiger partial charge on any atom is 0.324 e. The van der Waals surface area contributed by atoms with Crippen molar-refractivity contribution in [3.8, 4) is 0 Å². The maximum atomic E-state index is 13.2. The number of benzene rings is 1. The molecule has 1 saturated heterocycles. The monoisotopic (exact) mass is 373 g/mol. The number of halogens is 1. The fourth-order valence-corrected chi connectivity index (χ4v) is 2.88. The molecule has 3 N–H and O–H groups in total. The quantitative estimate of drug-likeness (QED) is 0.594. The molecule has 0 radical (unpaired) electrons. The Balaban J connectivity index is 1.45. The van der Waals surface area contributed by atoms with Gasteiger partial charge in [-0.25, -0.2) is 14.2 Å². The van der Waals surface area contributed by atoms with Crippen LogP contribution in [0.15, 0.2) is 36.8 Å². The fraction of sp³-hybridized carbons (Fsp3) is 0.333. The molecule has 2 heterocycles. The number of nitrogens with one attached hydrogen (secondary N) is 3. The van der Waals surface area contributed by atoms with Crippen molar-refractivity contribution in [3.63, 3.8) is 0 Å². The summed E-state index contributed by atoms with van der Waals surface area (Å²) < 4.78 is 13.2. The molecule has 3 rings (SSSR count). The molecular formula is C18H20FN5O3. The summed E-state index contributed by atoms with van der Waals surface area (Å²) >= 11 is 0. The third-order valence-corrected chi connectivity index (χ3v) is 4.28. The van der Waals surface area contributed by atoms with E-state index in [2.05, 4.69) is 20.6 Å². The van der Waals surface area contributed by atoms with Gasteiger partial charge in [0.15, 0.2) is 0 Å². The molecule has 1 atom stereocenters. The van der Waals surface area contributed by atoms with Gasteiger partial charge in [0, 0.05) is 31.4 Å². The summed E-state index contributed by atoms with van der Waals surface area (Å²) in [5, 5.41) is 5.23. The largest absolute Gasteiger partial charge is 0.356 e. The molecule has 2 aromatic rings. The molecule has 1 unspecified atom stereocenters. The van der Waals surface area contributed by atoms with E-state index in [4.69, 9.17) is 0 Å². The first-order valence-corrected chi connectivity index (χ1v) is 8.63. The summed E-state index contributed by atoms with van der Waals surface area (Å²) in [6.45, 7) is 0.533. The van der Waals surface area contributed by atoms with Crippen LogP contribution in [0.25, 0.3) is 0 Å². The molecule has 1 aromatic carbocycles. The molecule has 9 heteroatoms. The minimum Gasteiger partial charge on any atom is -0.356 e. The van der Waals surface area contributed by atoms with Crippen molar-refractivity contribution in [1.82, 2.24) is 25.5 Å². The Labute approximate surface area is 155 Å². The van der Waals surface area contributed by atoms with Crippen molar-refractivity contribution in [3.05, 3.63) is 53.9 Å². The van der Waals surface area contributed by atoms with E-state index in [0.717, 1.165) is 10.6 Å². The van der Waals surface area contributed by atoms with E-state index < -0.39 is 18.0 Å². The molecule has 1 aromatic heterocycles. The van der Waals surface area contributed by atoms with E-state index in [1.807, 2.05) is 0 Å². The lowest BCUT2D eigenvalue weighted by atomic mass is 10.1. The first-order valence-electron chi connectivity index (χ1n) is 8.63. The number of hydrogen-bond acceptors (Lipinski definition) is 4. The first kappa shape index (κ1) is 18.6. The molecule has 1 aliphatic heterocycles. The lowest BCUT2D eigenvalue weighted by Gasteiger charge is -2.13. The second kappa shape index (κ2) is 8.43. The van der Waals surface area contributed by atoms with E-state index >= 15 is 0 Å². The van der Waals surface area contributed by atoms with Crippen molar-refractivity contribution in [2.24, 2.45) is 0 Å². The summed E-state index contributed by atoms with van der Waals surface area (Å²) in [5.41, 5.74) is 1.58. The number of carbonyl (C=O) groups excluding carboxylic acids is 3. The SMILES string of the molecule is O=C(CC1NC(=O)N(CCc2cccc(F)c2)C1=O)NCCc1cnc[nH]1. The van der Waals surface area contributed by atoms with Crippen molar-refractivity contribution < 1.29 is 18.8 Å². The molecule has 4 amide bonds. The molecule has 0 bridgehead atoms. The van der Waals surface area contributed by atoms with Gasteiger partial charge in [-0.15, -0.1) is 0 Å². The second-order valence-electron chi connectivity index (χ2n) is 6.25. The topological polar surface area (TPSA) is 107 Å². The highest BCUT2D eigenvalue weighted by molar-refractivity contribution is 6.05. The van der Waals surface area contributed by atoms with Gasteiger partial charge in [0.05, 0.1) is 12.7 Å². The average Bonchev–Trinajstić information content (AvgIpc) is 3.23. The van der Waals surface area contributed by atoms with Crippen molar-refractivity contribution in [1.29, 1.82) is 0 Å². The zero-order chi connectivity index (χ0) is 19.2. The number of H-pyrrole nitrogens is 1. The Morgan fingerprint density at radius 1 is 1.30 bits per heavy atom. The Bertz CT molecular complexity index is 824. The lowest BCUT2D eigenvalue weighted by Crippen LogP contribution is -2.37. The maximum absolute atomic E-state index is 13.2. The van der Waals surface area contributed by atoms with E-state index in [1.54, 1.807) is 24.7 Å². The Morgan fingerprint density at radius 3 is 2.89 bits per heavy atom. The summed E-state index contributed by atoms with van der Waals surface area (Å²) in [6, 6.07) is 4.59. The molecule has 0 saturated carbocycles. The van der Waals surface area contributed by atoms with Gasteiger partial charge in [-0.2, -0.15) is 0 Å². The lowest BCUT2D eigenvalue weighted by molar-refractivity contribution is -0.130. The van der Waals surface area contributed by atoms with Gasteiger partial charge in [0.1, 0.15) is 11.9 Å². The number of nitrogens with zero attached hydrogens (tertiary/aromatic N) is 2. The second-order valence-corrected chi connectivity index (χ2v) is 6.25. The van der Waals surface area contributed by atoms with Gasteiger partial charge >= 0.3 is 6.03 Å². The van der Waals surface area contributed by atoms with E-state index in [0.29, 0.717) is 24.9 Å². The summed E-state index contributed by atoms with van der Waals surface area (Å²) in [5.74, 6) is -1.13. The third kappa shape index (κ3) is 4.90. The summed E-state index contributed by atoms with van der Waals surface area (Å²) in [6.07, 6.45) is 4.05. The van der Waals surface area contributed by atoms with Crippen LogP contribution in [0.2, 0.25) is 0 Å². The minimum absolute atomic E-state index is 0.121. The van der Waals surface area contributed by atoms with Gasteiger partial charge < -0.3 is 15.6 Å². The number of aromatic nitrogens is 2. The summed E-state index contributed by atoms with van der Waals surface area (Å²) in [7, 11) is 0. The number of imidazole rings is 1. The standard InChI is InChI=1S/C18H20FN5O3/c19-13-3-1-2-12(8-13)5-7-24-17(26)15(23-18(24)27)9-16(25)21-6-4-14-10-20-11-22-14/h1-3,8,10-11,15H,4-7,9H2,(H,20,22)(H,21,25)(H,23,27). The molecule has 27 heavy (non-hydrogen) atoms. The first-order chi connectivity index (χ1) is 13.0. The van der Waals surface area contributed by atoms with Crippen LogP contribution in [0.4, 0.5) is 9.18 Å². The van der Waals surface area contributed by atoms with Crippen molar-refractivity contribution in [2.75, 3.05) is 13.1 Å². The Hall–Kier alpha value is -3.23. The van der Waals surface area contributed by atoms with Crippen LogP contribution in [-0.2, 0) is 22.4 Å². The third-order valence-electron chi connectivity index (χ3n) is 4.28. The average molecular weight is 373 g/mol. The molecule has 8 nitrogen and oxygen atoms in total. The van der Waals surface area contributed by atoms with Crippen LogP contribution in [0.5, 0.6) is 0 Å². The van der Waals surface area contributed by atoms with Crippen LogP contribution in [0.1, 0.15) is 17.7 Å². The predicted octanol–water partition coefficient (Wildman–Crippen LogP) is 0.761. The van der Waals surface area contributed by atoms with Gasteiger partial charge in [-0.3, -0.25) is 14.5 Å². The molecule has 0 spiro atoms. The number of urea groups is 1. The van der Waals surface area contributed by atoms with Crippen LogP contribution >= 0.6 is 0 Å². The van der Waals surface area contributed by atoms with Crippen molar-refractivity contribution in [2.45, 2.75) is 25.3 Å². The fourth-order valence-electron chi connectivity index (χ4n) is 2.88. The van der Waals surface area contributed by atoms with E-state index in [-0.39, 0.29) is 24.7 Å². The van der Waals surface area contributed by atoms with E-state index in [9.17, 15) is 18.8 Å². The van der Waals surface area contributed by atoms with E-state index in [1.165, 1.54) is 12.1 Å². The van der Waals surface area contributed by atoms with Gasteiger partial charge in [0.25, 0.3) is 5.91 Å². The Kier molecular flexibility index (Phi) is 5.80. The zero-order valence-corrected chi connectivity index (χ0v) is 14.6. The van der Waals surface area contributed by atoms with Crippen LogP contribution in [0, 0.1) is 5.82 Å². The minimum atomic E-state index is -0.878. The normalized spacial score (nSPS) is 16.5. The molecule has 142 valence electrons. The highest BCUT2D eigenvalue weighted by Crippen LogP contribution is 2.12. The van der Waals surface area contributed by atoms with Gasteiger partial charge in [-0.05, 0) is 24.1 Å². The Morgan fingerprint density at radius 2 is 2.15 bits per heavy atom. The smallest absolute Gasteiger partial charge is 0.324 e. The molecule has 1 fully saturated rings. The van der Waals surface area contributed by atoms with Crippen LogP contribution < -0.4 is 10.6 Å². The highest BCUT2D eigenvalue weighted by Gasteiger charge is 2.38. The van der Waals surface area contributed by atoms with Gasteiger partial charge in [-0.1, -0.05) is 12.1 Å². The predicted molar refractivity (Wildman–Crippen MR) is 94.1 cm³/mol. The number of aromatic amines is 1. The molecule has 1 aliphatic rings. The van der Waals surface area contributed by atoms with Gasteiger partial charge in [0.2, 0.25) is 5.91 Å². The van der Waals surface area contributed by atoms with Crippen LogP contribution in [0.3, 0.4) is 0 Å².